The van der Waals surface area contributed by atoms with E-state index in [-0.39, 0.29) is 36.2 Å². The molecule has 6 atom stereocenters. The lowest BCUT2D eigenvalue weighted by molar-refractivity contribution is -0.152. The number of cyclic esters (lactones) is 1. The Morgan fingerprint density at radius 3 is 2.58 bits per heavy atom. The molecule has 36 heavy (non-hydrogen) atoms. The Morgan fingerprint density at radius 2 is 1.92 bits per heavy atom. The number of hydrogen-bond acceptors (Lipinski definition) is 7. The van der Waals surface area contributed by atoms with Crippen LogP contribution in [0, 0.1) is 17.8 Å². The number of methoxy groups -OCH3 is 1. The molecule has 5 rings (SSSR count). The van der Waals surface area contributed by atoms with E-state index >= 15 is 0 Å². The summed E-state index contributed by atoms with van der Waals surface area (Å²) >= 11 is 1.50. The van der Waals surface area contributed by atoms with Crippen LogP contribution in [-0.4, -0.2) is 76.7 Å². The summed E-state index contributed by atoms with van der Waals surface area (Å²) in [7, 11) is 1.59. The van der Waals surface area contributed by atoms with E-state index in [1.165, 1.54) is 11.8 Å². The van der Waals surface area contributed by atoms with Gasteiger partial charge in [0.1, 0.15) is 18.4 Å². The van der Waals surface area contributed by atoms with Gasteiger partial charge in [0.2, 0.25) is 5.91 Å². The van der Waals surface area contributed by atoms with E-state index < -0.39 is 34.6 Å². The molecule has 1 aromatic rings. The fourth-order valence-corrected chi connectivity index (χ4v) is 8.10. The van der Waals surface area contributed by atoms with Gasteiger partial charge in [-0.25, -0.2) is 0 Å². The van der Waals surface area contributed by atoms with Crippen molar-refractivity contribution in [2.24, 2.45) is 17.8 Å². The van der Waals surface area contributed by atoms with Gasteiger partial charge in [0.05, 0.1) is 36.3 Å². The normalized spacial score (nSPS) is 32.1. The van der Waals surface area contributed by atoms with Crippen molar-refractivity contribution in [2.75, 3.05) is 31.8 Å². The number of amides is 2. The van der Waals surface area contributed by atoms with Crippen LogP contribution in [0.2, 0.25) is 0 Å². The average Bonchev–Trinajstić information content (AvgIpc) is 3.17. The second kappa shape index (κ2) is 9.59. The van der Waals surface area contributed by atoms with Gasteiger partial charge in [-0.3, -0.25) is 14.4 Å². The molecule has 4 heterocycles. The largest absolute Gasteiger partial charge is 0.497 e. The summed E-state index contributed by atoms with van der Waals surface area (Å²) in [6, 6.07) is 5.85. The zero-order valence-electron chi connectivity index (χ0n) is 20.7. The summed E-state index contributed by atoms with van der Waals surface area (Å²) in [6.07, 6.45) is 8.18. The fraction of sp³-hybridized carbons (Fsp3) is 0.519. The fourth-order valence-electron chi connectivity index (χ4n) is 6.12. The van der Waals surface area contributed by atoms with Crippen LogP contribution in [0.3, 0.4) is 0 Å². The highest BCUT2D eigenvalue weighted by Crippen LogP contribution is 2.61. The van der Waals surface area contributed by atoms with Crippen LogP contribution in [0.15, 0.2) is 48.6 Å². The van der Waals surface area contributed by atoms with E-state index in [1.807, 2.05) is 50.3 Å². The molecule has 1 spiro atoms. The number of carbonyl (C=O) groups is 3. The van der Waals surface area contributed by atoms with E-state index in [2.05, 4.69) is 0 Å². The molecule has 4 aliphatic heterocycles. The Bertz CT molecular complexity index is 1100. The SMILES string of the molecule is COc1ccc(N2CC=C[C@]34S[C@H]5C=CCOC(=O)[C@H]5[C@H]3C(=O)N([C@@H](CO)CC(C)C)C4C2=O)cc1. The molecule has 9 heteroatoms. The van der Waals surface area contributed by atoms with Crippen molar-refractivity contribution in [3.05, 3.63) is 48.6 Å². The number of likely N-dealkylation sites (tertiary alicyclic amines) is 1. The zero-order valence-corrected chi connectivity index (χ0v) is 21.5. The second-order valence-corrected chi connectivity index (χ2v) is 11.6. The summed E-state index contributed by atoms with van der Waals surface area (Å²) in [5.74, 6) is -1.44. The molecule has 1 N–H and O–H groups in total. The third kappa shape index (κ3) is 3.84. The third-order valence-electron chi connectivity index (χ3n) is 7.58. The Labute approximate surface area is 215 Å². The molecular weight excluding hydrogens is 480 g/mol. The summed E-state index contributed by atoms with van der Waals surface area (Å²) in [4.78, 5) is 44.9. The number of esters is 1. The molecule has 2 saturated heterocycles. The van der Waals surface area contributed by atoms with Crippen LogP contribution in [0.4, 0.5) is 5.69 Å². The number of fused-ring (bicyclic) bond motifs is 2. The van der Waals surface area contributed by atoms with Crippen molar-refractivity contribution >= 4 is 35.2 Å². The minimum Gasteiger partial charge on any atom is -0.497 e. The van der Waals surface area contributed by atoms with Gasteiger partial charge in [0.15, 0.2) is 0 Å². The third-order valence-corrected chi connectivity index (χ3v) is 9.33. The van der Waals surface area contributed by atoms with Crippen LogP contribution in [0.25, 0.3) is 0 Å². The van der Waals surface area contributed by atoms with Crippen LogP contribution in [-0.2, 0) is 19.1 Å². The van der Waals surface area contributed by atoms with E-state index in [1.54, 1.807) is 29.0 Å². The predicted molar refractivity (Wildman–Crippen MR) is 137 cm³/mol. The van der Waals surface area contributed by atoms with Gasteiger partial charge in [-0.15, -0.1) is 11.8 Å². The second-order valence-electron chi connectivity index (χ2n) is 10.2. The summed E-state index contributed by atoms with van der Waals surface area (Å²) < 4.78 is 9.75. The Hall–Kier alpha value is -2.78. The molecule has 2 amide bonds. The Balaban J connectivity index is 1.62. The lowest BCUT2D eigenvalue weighted by atomic mass is 9.78. The van der Waals surface area contributed by atoms with E-state index in [4.69, 9.17) is 9.47 Å². The number of nitrogens with zero attached hydrogens (tertiary/aromatic N) is 2. The van der Waals surface area contributed by atoms with Gasteiger partial charge >= 0.3 is 5.97 Å². The van der Waals surface area contributed by atoms with Gasteiger partial charge in [0.25, 0.3) is 5.91 Å². The number of ether oxygens (including phenoxy) is 2. The number of rotatable bonds is 6. The topological polar surface area (TPSA) is 96.4 Å². The quantitative estimate of drug-likeness (QED) is 0.462. The molecule has 0 aliphatic carbocycles. The van der Waals surface area contributed by atoms with Crippen molar-refractivity contribution in [1.82, 2.24) is 4.90 Å². The molecule has 192 valence electrons. The smallest absolute Gasteiger partial charge is 0.311 e. The first-order chi connectivity index (χ1) is 17.3. The molecule has 0 saturated carbocycles. The van der Waals surface area contributed by atoms with Crippen LogP contribution >= 0.6 is 11.8 Å². The number of anilines is 1. The van der Waals surface area contributed by atoms with Crippen LogP contribution < -0.4 is 9.64 Å². The van der Waals surface area contributed by atoms with Crippen molar-refractivity contribution in [3.8, 4) is 5.75 Å². The van der Waals surface area contributed by atoms with Gasteiger partial charge in [0, 0.05) is 17.5 Å². The van der Waals surface area contributed by atoms with Gasteiger partial charge in [-0.05, 0) is 36.6 Å². The minimum atomic E-state index is -0.935. The number of thioether (sulfide) groups is 1. The highest BCUT2D eigenvalue weighted by molar-refractivity contribution is 8.02. The van der Waals surface area contributed by atoms with Crippen molar-refractivity contribution in [3.63, 3.8) is 0 Å². The molecule has 0 aromatic heterocycles. The lowest BCUT2D eigenvalue weighted by Crippen LogP contribution is -2.57. The first-order valence-electron chi connectivity index (χ1n) is 12.4. The number of aliphatic hydroxyl groups excluding tert-OH is 1. The maximum absolute atomic E-state index is 14.4. The Morgan fingerprint density at radius 1 is 1.17 bits per heavy atom. The van der Waals surface area contributed by atoms with Crippen LogP contribution in [0.5, 0.6) is 5.75 Å². The first-order valence-corrected chi connectivity index (χ1v) is 13.3. The molecule has 4 aliphatic rings. The lowest BCUT2D eigenvalue weighted by Gasteiger charge is -2.39. The van der Waals surface area contributed by atoms with Crippen LogP contribution in [0.1, 0.15) is 20.3 Å². The monoisotopic (exact) mass is 512 g/mol. The summed E-state index contributed by atoms with van der Waals surface area (Å²) in [6.45, 7) is 4.31. The van der Waals surface area contributed by atoms with Gasteiger partial charge in [-0.2, -0.15) is 0 Å². The maximum atomic E-state index is 14.4. The average molecular weight is 513 g/mol. The number of benzene rings is 1. The first kappa shape index (κ1) is 24.9. The van der Waals surface area contributed by atoms with E-state index in [0.717, 1.165) is 0 Å². The molecule has 2 fully saturated rings. The zero-order chi connectivity index (χ0) is 25.6. The molecule has 1 unspecified atom stereocenters. The van der Waals surface area contributed by atoms with E-state index in [9.17, 15) is 19.5 Å². The molecule has 1 aromatic carbocycles. The summed E-state index contributed by atoms with van der Waals surface area (Å²) in [5.41, 5.74) is 0.694. The maximum Gasteiger partial charge on any atom is 0.311 e. The summed E-state index contributed by atoms with van der Waals surface area (Å²) in [5, 5.41) is 10.1. The number of hydrogen-bond donors (Lipinski definition) is 1. The predicted octanol–water partition coefficient (Wildman–Crippen LogP) is 2.42. The molecule has 0 radical (unpaired) electrons. The van der Waals surface area contributed by atoms with Gasteiger partial charge in [-0.1, -0.05) is 38.2 Å². The van der Waals surface area contributed by atoms with Crippen molar-refractivity contribution in [1.29, 1.82) is 0 Å². The van der Waals surface area contributed by atoms with Gasteiger partial charge < -0.3 is 24.4 Å². The van der Waals surface area contributed by atoms with E-state index in [0.29, 0.717) is 24.4 Å². The highest BCUT2D eigenvalue weighted by atomic mass is 32.2. The number of carbonyl (C=O) groups excluding carboxylic acids is 3. The molecular formula is C27H32N2O6S. The standard InChI is InChI=1S/C27H32N2O6S/c1-16(2)14-18(15-30)29-23-25(32)28(17-7-9-19(34-3)10-8-17)12-5-11-27(23)22(24(29)31)21-20(36-27)6-4-13-35-26(21)33/h4-11,16,18,20-23,30H,12-15H2,1-3H3/t18-,20+,21-,22+,23?,27+/m1/s1. The Kier molecular flexibility index (Phi) is 6.63. The minimum absolute atomic E-state index is 0.181. The van der Waals surface area contributed by atoms with Crippen molar-refractivity contribution in [2.45, 2.75) is 42.3 Å². The number of aliphatic hydroxyl groups is 1. The molecule has 8 nitrogen and oxygen atoms in total. The van der Waals surface area contributed by atoms with Crippen molar-refractivity contribution < 1.29 is 29.0 Å². The molecule has 0 bridgehead atoms. The highest BCUT2D eigenvalue weighted by Gasteiger charge is 2.71.